The number of thioether (sulfide) groups is 1. The third-order valence-electron chi connectivity index (χ3n) is 2.52. The van der Waals surface area contributed by atoms with Gasteiger partial charge in [0.15, 0.2) is 0 Å². The van der Waals surface area contributed by atoms with Crippen LogP contribution in [0.15, 0.2) is 16.3 Å². The number of halogens is 1. The molecule has 6 nitrogen and oxygen atoms in total. The van der Waals surface area contributed by atoms with Crippen LogP contribution < -0.4 is 4.72 Å². The molecule has 20 heavy (non-hydrogen) atoms. The van der Waals surface area contributed by atoms with E-state index in [-0.39, 0.29) is 22.4 Å². The van der Waals surface area contributed by atoms with Crippen LogP contribution in [0.5, 0.6) is 0 Å². The second-order valence-electron chi connectivity index (χ2n) is 3.94. The first-order chi connectivity index (χ1) is 9.38. The van der Waals surface area contributed by atoms with Crippen LogP contribution in [0.25, 0.3) is 0 Å². The SMILES string of the molecule is O=C(CCN1CCSC1=O)NS(=O)(=O)c1ccc(Cl)s1. The molecule has 0 aromatic carbocycles. The summed E-state index contributed by atoms with van der Waals surface area (Å²) in [6.45, 7) is 0.808. The largest absolute Gasteiger partial charge is 0.332 e. The Morgan fingerprint density at radius 3 is 2.75 bits per heavy atom. The van der Waals surface area contributed by atoms with Gasteiger partial charge in [-0.2, -0.15) is 0 Å². The van der Waals surface area contributed by atoms with Gasteiger partial charge in [0.2, 0.25) is 5.91 Å². The van der Waals surface area contributed by atoms with Crippen LogP contribution in [0.2, 0.25) is 4.34 Å². The average molecular weight is 355 g/mol. The predicted molar refractivity (Wildman–Crippen MR) is 78.7 cm³/mol. The second-order valence-corrected chi connectivity index (χ2v) is 8.61. The van der Waals surface area contributed by atoms with E-state index in [2.05, 4.69) is 0 Å². The van der Waals surface area contributed by atoms with E-state index in [1.807, 2.05) is 4.72 Å². The molecule has 2 amide bonds. The fourth-order valence-corrected chi connectivity index (χ4v) is 4.91. The van der Waals surface area contributed by atoms with E-state index in [0.29, 0.717) is 16.6 Å². The minimum atomic E-state index is -3.87. The highest BCUT2D eigenvalue weighted by Crippen LogP contribution is 2.25. The number of nitrogens with one attached hydrogen (secondary N) is 1. The Kier molecular flexibility index (Phi) is 4.95. The number of sulfonamides is 1. The molecule has 1 fully saturated rings. The number of rotatable bonds is 5. The van der Waals surface area contributed by atoms with Crippen LogP contribution in [0.4, 0.5) is 4.79 Å². The number of hydrogen-bond acceptors (Lipinski definition) is 6. The van der Waals surface area contributed by atoms with Gasteiger partial charge < -0.3 is 4.90 Å². The first-order valence-electron chi connectivity index (χ1n) is 5.61. The van der Waals surface area contributed by atoms with Crippen molar-refractivity contribution < 1.29 is 18.0 Å². The number of carbonyl (C=O) groups excluding carboxylic acids is 2. The van der Waals surface area contributed by atoms with Crippen molar-refractivity contribution in [3.05, 3.63) is 16.5 Å². The fourth-order valence-electron chi connectivity index (χ4n) is 1.56. The van der Waals surface area contributed by atoms with Crippen molar-refractivity contribution in [1.29, 1.82) is 0 Å². The molecule has 0 atom stereocenters. The first kappa shape index (κ1) is 15.6. The molecule has 10 heteroatoms. The molecule has 0 saturated carbocycles. The molecule has 2 heterocycles. The molecule has 0 aliphatic carbocycles. The topological polar surface area (TPSA) is 83.6 Å². The van der Waals surface area contributed by atoms with Gasteiger partial charge in [-0.25, -0.2) is 13.1 Å². The summed E-state index contributed by atoms with van der Waals surface area (Å²) in [5, 5.41) is -0.0781. The maximum absolute atomic E-state index is 11.9. The van der Waals surface area contributed by atoms with E-state index >= 15 is 0 Å². The van der Waals surface area contributed by atoms with Gasteiger partial charge in [0, 0.05) is 25.3 Å². The summed E-state index contributed by atoms with van der Waals surface area (Å²) < 4.78 is 26.0. The smallest absolute Gasteiger partial charge is 0.281 e. The lowest BCUT2D eigenvalue weighted by molar-refractivity contribution is -0.119. The van der Waals surface area contributed by atoms with Gasteiger partial charge in [0.1, 0.15) is 4.21 Å². The Balaban J connectivity index is 1.89. The van der Waals surface area contributed by atoms with Crippen molar-refractivity contribution in [3.8, 4) is 0 Å². The maximum Gasteiger partial charge on any atom is 0.281 e. The van der Waals surface area contributed by atoms with Crippen LogP contribution in [0, 0.1) is 0 Å². The zero-order chi connectivity index (χ0) is 14.8. The Labute approximate surface area is 129 Å². The maximum atomic E-state index is 11.9. The Bertz CT molecular complexity index is 628. The Morgan fingerprint density at radius 1 is 1.45 bits per heavy atom. The minimum absolute atomic E-state index is 0.0105. The van der Waals surface area contributed by atoms with Crippen LogP contribution in [-0.2, 0) is 14.8 Å². The number of thiophene rings is 1. The van der Waals surface area contributed by atoms with E-state index in [9.17, 15) is 18.0 Å². The van der Waals surface area contributed by atoms with Crippen LogP contribution in [-0.4, -0.2) is 43.3 Å². The summed E-state index contributed by atoms with van der Waals surface area (Å²) in [6.07, 6.45) is -0.0510. The highest BCUT2D eigenvalue weighted by atomic mass is 35.5. The monoisotopic (exact) mass is 354 g/mol. The Hall–Kier alpha value is -0.770. The summed E-state index contributed by atoms with van der Waals surface area (Å²) >= 11 is 7.73. The van der Waals surface area contributed by atoms with Gasteiger partial charge in [-0.1, -0.05) is 23.4 Å². The summed E-state index contributed by atoms with van der Waals surface area (Å²) in [5.74, 6) is 0.0612. The summed E-state index contributed by atoms with van der Waals surface area (Å²) in [7, 11) is -3.87. The van der Waals surface area contributed by atoms with Gasteiger partial charge in [-0.15, -0.1) is 11.3 Å². The van der Waals surface area contributed by atoms with Gasteiger partial charge in [0.05, 0.1) is 4.34 Å². The number of nitrogens with zero attached hydrogens (tertiary/aromatic N) is 1. The molecule has 1 N–H and O–H groups in total. The summed E-state index contributed by atoms with van der Waals surface area (Å²) in [6, 6.07) is 2.79. The number of amides is 2. The lowest BCUT2D eigenvalue weighted by Gasteiger charge is -2.13. The standard InChI is InChI=1S/C10H11ClN2O4S3/c11-7-1-2-9(19-7)20(16,17)12-8(14)3-4-13-5-6-18-10(13)15/h1-2H,3-6H2,(H,12,14). The zero-order valence-electron chi connectivity index (χ0n) is 10.2. The molecule has 2 rings (SSSR count). The molecule has 0 unspecified atom stereocenters. The van der Waals surface area contributed by atoms with E-state index in [1.54, 1.807) is 0 Å². The molecule has 1 aliphatic rings. The summed E-state index contributed by atoms with van der Waals surface area (Å²) in [4.78, 5) is 24.5. The Morgan fingerprint density at radius 2 is 2.20 bits per heavy atom. The van der Waals surface area contributed by atoms with E-state index < -0.39 is 15.9 Å². The van der Waals surface area contributed by atoms with Gasteiger partial charge in [0.25, 0.3) is 15.3 Å². The average Bonchev–Trinajstić information content (AvgIpc) is 2.95. The molecule has 0 bridgehead atoms. The first-order valence-corrected chi connectivity index (χ1v) is 9.27. The van der Waals surface area contributed by atoms with Crippen molar-refractivity contribution in [3.63, 3.8) is 0 Å². The predicted octanol–water partition coefficient (Wildman–Crippen LogP) is 1.77. The van der Waals surface area contributed by atoms with Crippen LogP contribution in [0.1, 0.15) is 6.42 Å². The third-order valence-corrected chi connectivity index (χ3v) is 6.50. The zero-order valence-corrected chi connectivity index (χ0v) is 13.4. The lowest BCUT2D eigenvalue weighted by atomic mass is 10.4. The molecular formula is C10H11ClN2O4S3. The minimum Gasteiger partial charge on any atom is -0.332 e. The van der Waals surface area contributed by atoms with Gasteiger partial charge in [-0.3, -0.25) is 9.59 Å². The molecule has 1 aromatic rings. The van der Waals surface area contributed by atoms with Crippen molar-refractivity contribution in [2.45, 2.75) is 10.6 Å². The van der Waals surface area contributed by atoms with Crippen molar-refractivity contribution in [2.24, 2.45) is 0 Å². The third kappa shape index (κ3) is 3.87. The lowest BCUT2D eigenvalue weighted by Crippen LogP contribution is -2.34. The molecule has 0 spiro atoms. The van der Waals surface area contributed by atoms with Crippen LogP contribution >= 0.6 is 34.7 Å². The second kappa shape index (κ2) is 6.33. The number of carbonyl (C=O) groups is 2. The molecule has 110 valence electrons. The molecule has 1 saturated heterocycles. The van der Waals surface area contributed by atoms with E-state index in [1.165, 1.54) is 28.8 Å². The van der Waals surface area contributed by atoms with Crippen molar-refractivity contribution in [2.75, 3.05) is 18.8 Å². The highest BCUT2D eigenvalue weighted by molar-refractivity contribution is 8.13. The molecule has 1 aromatic heterocycles. The summed E-state index contributed by atoms with van der Waals surface area (Å²) in [5.41, 5.74) is 0. The molecule has 1 aliphatic heterocycles. The van der Waals surface area contributed by atoms with E-state index in [4.69, 9.17) is 11.6 Å². The van der Waals surface area contributed by atoms with Gasteiger partial charge >= 0.3 is 0 Å². The normalized spacial score (nSPS) is 15.7. The van der Waals surface area contributed by atoms with Gasteiger partial charge in [-0.05, 0) is 12.1 Å². The molecule has 0 radical (unpaired) electrons. The van der Waals surface area contributed by atoms with Crippen molar-refractivity contribution in [1.82, 2.24) is 9.62 Å². The van der Waals surface area contributed by atoms with E-state index in [0.717, 1.165) is 11.3 Å². The van der Waals surface area contributed by atoms with Crippen LogP contribution in [0.3, 0.4) is 0 Å². The highest BCUT2D eigenvalue weighted by Gasteiger charge is 2.23. The number of hydrogen-bond donors (Lipinski definition) is 1. The quantitative estimate of drug-likeness (QED) is 0.871. The fraction of sp³-hybridized carbons (Fsp3) is 0.400. The van der Waals surface area contributed by atoms with Crippen molar-refractivity contribution >= 4 is 55.9 Å². The molecular weight excluding hydrogens is 344 g/mol.